The summed E-state index contributed by atoms with van der Waals surface area (Å²) >= 11 is 6.10. The van der Waals surface area contributed by atoms with Crippen LogP contribution in [-0.4, -0.2) is 29.8 Å². The molecule has 3 amide bonds. The average Bonchev–Trinajstić information content (AvgIpc) is 3.51. The molecule has 1 aliphatic rings. The van der Waals surface area contributed by atoms with Gasteiger partial charge in [-0.25, -0.2) is 0 Å². The fraction of sp³-hybridized carbons (Fsp3) is 0.348. The lowest BCUT2D eigenvalue weighted by atomic mass is 10.0. The van der Waals surface area contributed by atoms with Crippen LogP contribution < -0.4 is 16.0 Å². The molecule has 7 heteroatoms. The second kappa shape index (κ2) is 9.30. The summed E-state index contributed by atoms with van der Waals surface area (Å²) in [5.74, 6) is -1.07. The number of nitrogens with one attached hydrogen (secondary N) is 3. The molecule has 0 radical (unpaired) electrons. The molecule has 30 heavy (non-hydrogen) atoms. The molecule has 0 saturated heterocycles. The van der Waals surface area contributed by atoms with Crippen molar-refractivity contribution in [2.45, 2.75) is 45.7 Å². The van der Waals surface area contributed by atoms with Crippen molar-refractivity contribution >= 4 is 35.0 Å². The van der Waals surface area contributed by atoms with Gasteiger partial charge in [-0.1, -0.05) is 43.6 Å². The van der Waals surface area contributed by atoms with Gasteiger partial charge in [-0.15, -0.1) is 0 Å². The Morgan fingerprint density at radius 2 is 1.73 bits per heavy atom. The van der Waals surface area contributed by atoms with Gasteiger partial charge in [-0.2, -0.15) is 0 Å². The van der Waals surface area contributed by atoms with Crippen LogP contribution in [0.5, 0.6) is 0 Å². The summed E-state index contributed by atoms with van der Waals surface area (Å²) < 4.78 is 0. The van der Waals surface area contributed by atoms with Crippen molar-refractivity contribution in [1.29, 1.82) is 0 Å². The summed E-state index contributed by atoms with van der Waals surface area (Å²) in [4.78, 5) is 37.9. The molecule has 1 fully saturated rings. The predicted octanol–water partition coefficient (Wildman–Crippen LogP) is 3.93. The molecule has 1 aliphatic carbocycles. The topological polar surface area (TPSA) is 87.3 Å². The van der Waals surface area contributed by atoms with E-state index in [0.717, 1.165) is 18.4 Å². The summed E-state index contributed by atoms with van der Waals surface area (Å²) in [6.45, 7) is 5.55. The summed E-state index contributed by atoms with van der Waals surface area (Å²) in [5, 5.41) is 8.89. The van der Waals surface area contributed by atoms with Crippen LogP contribution in [0.1, 0.15) is 53.0 Å². The Labute approximate surface area is 181 Å². The molecule has 1 atom stereocenters. The van der Waals surface area contributed by atoms with Gasteiger partial charge < -0.3 is 16.0 Å². The lowest BCUT2D eigenvalue weighted by Gasteiger charge is -2.22. The number of rotatable bonds is 7. The third kappa shape index (κ3) is 5.39. The molecule has 6 nitrogen and oxygen atoms in total. The van der Waals surface area contributed by atoms with E-state index in [0.29, 0.717) is 21.8 Å². The van der Waals surface area contributed by atoms with Gasteiger partial charge in [0.25, 0.3) is 11.8 Å². The maximum atomic E-state index is 13.0. The van der Waals surface area contributed by atoms with Gasteiger partial charge in [-0.3, -0.25) is 14.4 Å². The highest BCUT2D eigenvalue weighted by atomic mass is 35.5. The average molecular weight is 428 g/mol. The van der Waals surface area contributed by atoms with Crippen LogP contribution in [0, 0.1) is 12.8 Å². The van der Waals surface area contributed by atoms with E-state index < -0.39 is 11.9 Å². The van der Waals surface area contributed by atoms with E-state index in [4.69, 9.17) is 11.6 Å². The molecule has 158 valence electrons. The van der Waals surface area contributed by atoms with Crippen molar-refractivity contribution in [3.05, 3.63) is 64.2 Å². The minimum atomic E-state index is -0.767. The summed E-state index contributed by atoms with van der Waals surface area (Å²) in [5.41, 5.74) is 2.17. The van der Waals surface area contributed by atoms with E-state index in [1.165, 1.54) is 0 Å². The summed E-state index contributed by atoms with van der Waals surface area (Å²) in [7, 11) is 0. The van der Waals surface area contributed by atoms with Crippen molar-refractivity contribution in [3.63, 3.8) is 0 Å². The first-order valence-corrected chi connectivity index (χ1v) is 10.4. The van der Waals surface area contributed by atoms with Crippen molar-refractivity contribution < 1.29 is 14.4 Å². The quantitative estimate of drug-likeness (QED) is 0.625. The largest absolute Gasteiger partial charge is 0.349 e. The minimum absolute atomic E-state index is 0.152. The highest BCUT2D eigenvalue weighted by molar-refractivity contribution is 6.33. The normalized spacial score (nSPS) is 14.2. The van der Waals surface area contributed by atoms with Gasteiger partial charge in [0.05, 0.1) is 10.6 Å². The zero-order valence-corrected chi connectivity index (χ0v) is 18.0. The number of aryl methyl sites for hydroxylation is 1. The summed E-state index contributed by atoms with van der Waals surface area (Å²) in [6.07, 6.45) is 2.00. The van der Waals surface area contributed by atoms with Crippen LogP contribution in [0.25, 0.3) is 0 Å². The third-order valence-electron chi connectivity index (χ3n) is 5.02. The number of carbonyl (C=O) groups is 3. The molecule has 3 rings (SSSR count). The molecule has 0 spiro atoms. The first kappa shape index (κ1) is 21.8. The van der Waals surface area contributed by atoms with E-state index in [-0.39, 0.29) is 23.8 Å². The molecule has 2 aromatic rings. The van der Waals surface area contributed by atoms with E-state index in [1.807, 2.05) is 20.8 Å². The van der Waals surface area contributed by atoms with Gasteiger partial charge in [-0.05, 0) is 55.5 Å². The molecule has 1 saturated carbocycles. The maximum Gasteiger partial charge on any atom is 0.253 e. The van der Waals surface area contributed by atoms with Crippen molar-refractivity contribution in [2.24, 2.45) is 5.92 Å². The zero-order chi connectivity index (χ0) is 21.8. The second-order valence-electron chi connectivity index (χ2n) is 7.94. The number of halogens is 1. The van der Waals surface area contributed by atoms with E-state index in [9.17, 15) is 14.4 Å². The van der Waals surface area contributed by atoms with Crippen LogP contribution in [0.15, 0.2) is 42.5 Å². The summed E-state index contributed by atoms with van der Waals surface area (Å²) in [6, 6.07) is 11.4. The fourth-order valence-corrected chi connectivity index (χ4v) is 3.23. The SMILES string of the molecule is Cc1ccc(C(=O)NC2CC2)cc1NC(=O)C(NC(=O)c1ccccc1Cl)C(C)C. The van der Waals surface area contributed by atoms with Gasteiger partial charge in [0.1, 0.15) is 6.04 Å². The van der Waals surface area contributed by atoms with Crippen LogP contribution in [0.3, 0.4) is 0 Å². The number of carbonyl (C=O) groups excluding carboxylic acids is 3. The minimum Gasteiger partial charge on any atom is -0.349 e. The molecular weight excluding hydrogens is 402 g/mol. The van der Waals surface area contributed by atoms with Gasteiger partial charge >= 0.3 is 0 Å². The first-order valence-electron chi connectivity index (χ1n) is 10.0. The Balaban J connectivity index is 1.74. The predicted molar refractivity (Wildman–Crippen MR) is 118 cm³/mol. The van der Waals surface area contributed by atoms with Gasteiger partial charge in [0.2, 0.25) is 5.91 Å². The van der Waals surface area contributed by atoms with Crippen LogP contribution in [0.4, 0.5) is 5.69 Å². The van der Waals surface area contributed by atoms with Crippen LogP contribution >= 0.6 is 11.6 Å². The van der Waals surface area contributed by atoms with Crippen molar-refractivity contribution in [1.82, 2.24) is 10.6 Å². The fourth-order valence-electron chi connectivity index (χ4n) is 3.00. The standard InChI is InChI=1S/C23H26ClN3O3/c1-13(2)20(27-22(29)17-6-4-5-7-18(17)24)23(30)26-19-12-15(9-8-14(19)3)21(28)25-16-10-11-16/h4-9,12-13,16,20H,10-11H2,1-3H3,(H,25,28)(H,26,30)(H,27,29). The Morgan fingerprint density at radius 1 is 1.03 bits per heavy atom. The number of hydrogen-bond acceptors (Lipinski definition) is 3. The number of benzene rings is 2. The third-order valence-corrected chi connectivity index (χ3v) is 5.35. The number of anilines is 1. The number of amides is 3. The molecule has 2 aromatic carbocycles. The Kier molecular flexibility index (Phi) is 6.77. The van der Waals surface area contributed by atoms with Crippen LogP contribution in [0.2, 0.25) is 5.02 Å². The molecule has 3 N–H and O–H groups in total. The highest BCUT2D eigenvalue weighted by Crippen LogP contribution is 2.22. The monoisotopic (exact) mass is 427 g/mol. The van der Waals surface area contributed by atoms with Gasteiger partial charge in [0.15, 0.2) is 0 Å². The van der Waals surface area contributed by atoms with Gasteiger partial charge in [0, 0.05) is 17.3 Å². The molecule has 0 aromatic heterocycles. The smallest absolute Gasteiger partial charge is 0.253 e. The molecular formula is C23H26ClN3O3. The Hall–Kier alpha value is -2.86. The highest BCUT2D eigenvalue weighted by Gasteiger charge is 2.27. The molecule has 0 bridgehead atoms. The Bertz CT molecular complexity index is 970. The Morgan fingerprint density at radius 3 is 2.37 bits per heavy atom. The zero-order valence-electron chi connectivity index (χ0n) is 17.3. The molecule has 1 unspecified atom stereocenters. The van der Waals surface area contributed by atoms with Crippen molar-refractivity contribution in [2.75, 3.05) is 5.32 Å². The maximum absolute atomic E-state index is 13.0. The van der Waals surface area contributed by atoms with Crippen LogP contribution in [-0.2, 0) is 4.79 Å². The van der Waals surface area contributed by atoms with E-state index >= 15 is 0 Å². The first-order chi connectivity index (χ1) is 14.3. The van der Waals surface area contributed by atoms with E-state index in [1.54, 1.807) is 42.5 Å². The lowest BCUT2D eigenvalue weighted by Crippen LogP contribution is -2.47. The van der Waals surface area contributed by atoms with Crippen molar-refractivity contribution in [3.8, 4) is 0 Å². The molecule has 0 aliphatic heterocycles. The molecule has 0 heterocycles. The second-order valence-corrected chi connectivity index (χ2v) is 8.35. The van der Waals surface area contributed by atoms with E-state index in [2.05, 4.69) is 16.0 Å². The number of hydrogen-bond donors (Lipinski definition) is 3. The lowest BCUT2D eigenvalue weighted by molar-refractivity contribution is -0.118.